The Kier molecular flexibility index (Phi) is 65.4. The van der Waals surface area contributed by atoms with Gasteiger partial charge in [-0.2, -0.15) is 0 Å². The van der Waals surface area contributed by atoms with E-state index in [1.165, 1.54) is 283 Å². The summed E-state index contributed by atoms with van der Waals surface area (Å²) in [7, 11) is 0. The molecule has 0 aliphatic heterocycles. The van der Waals surface area contributed by atoms with Gasteiger partial charge in [0.1, 0.15) is 0 Å². The molecule has 3 N–H and O–H groups in total. The van der Waals surface area contributed by atoms with Crippen molar-refractivity contribution in [1.82, 2.24) is 5.32 Å². The minimum Gasteiger partial charge on any atom is -0.466 e. The fourth-order valence-electron chi connectivity index (χ4n) is 10.8. The van der Waals surface area contributed by atoms with Gasteiger partial charge in [-0.1, -0.05) is 326 Å². The lowest BCUT2D eigenvalue weighted by molar-refractivity contribution is -0.143. The normalized spacial score (nSPS) is 12.8. The molecule has 6 heteroatoms. The molecule has 0 rings (SSSR count). The van der Waals surface area contributed by atoms with Crippen LogP contribution in [0.3, 0.4) is 0 Å². The van der Waals surface area contributed by atoms with E-state index < -0.39 is 12.1 Å². The second kappa shape index (κ2) is 67.3. The van der Waals surface area contributed by atoms with Crippen LogP contribution in [0, 0.1) is 0 Å². The molecular formula is C72H135NO5. The molecule has 0 radical (unpaired) electrons. The molecule has 0 heterocycles. The summed E-state index contributed by atoms with van der Waals surface area (Å²) < 4.78 is 5.47. The Morgan fingerprint density at radius 3 is 1.03 bits per heavy atom. The van der Waals surface area contributed by atoms with Crippen molar-refractivity contribution < 1.29 is 24.5 Å². The number of allylic oxidation sites excluding steroid dienone is 8. The van der Waals surface area contributed by atoms with Crippen LogP contribution in [0.4, 0.5) is 0 Å². The minimum absolute atomic E-state index is 0.00127. The third kappa shape index (κ3) is 63.0. The number of nitrogens with one attached hydrogen (secondary N) is 1. The second-order valence-corrected chi connectivity index (χ2v) is 23.9. The van der Waals surface area contributed by atoms with Gasteiger partial charge in [-0.3, -0.25) is 9.59 Å². The fraction of sp³-hybridized carbons (Fsp3) is 0.861. The van der Waals surface area contributed by atoms with E-state index in [0.29, 0.717) is 25.9 Å². The number of ether oxygens (including phenoxy) is 1. The second-order valence-electron chi connectivity index (χ2n) is 23.9. The number of aliphatic hydroxyl groups is 2. The van der Waals surface area contributed by atoms with Crippen molar-refractivity contribution in [3.8, 4) is 0 Å². The van der Waals surface area contributed by atoms with E-state index in [4.69, 9.17) is 4.74 Å². The minimum atomic E-state index is -0.662. The SMILES string of the molecule is CCC/C=C\C/C=C\CCCCCCCC(=O)OCCCCCCCCCCCCC/C=C\C/C=C\CCCCCCCCCCCCCCCCCCCC(=O)NC(CO)C(O)CCCCCCCCCCCCCCC. The summed E-state index contributed by atoms with van der Waals surface area (Å²) in [5.41, 5.74) is 0. The van der Waals surface area contributed by atoms with Crippen molar-refractivity contribution in [3.63, 3.8) is 0 Å². The Labute approximate surface area is 486 Å². The molecule has 0 aromatic rings. The third-order valence-corrected chi connectivity index (χ3v) is 16.1. The van der Waals surface area contributed by atoms with Gasteiger partial charge in [0.25, 0.3) is 0 Å². The summed E-state index contributed by atoms with van der Waals surface area (Å²) in [4.78, 5) is 24.5. The lowest BCUT2D eigenvalue weighted by atomic mass is 10.0. The Bertz CT molecular complexity index is 1310. The van der Waals surface area contributed by atoms with Gasteiger partial charge < -0.3 is 20.3 Å². The standard InChI is InChI=1S/C72H135NO5/c1-3-5-7-9-11-13-15-40-44-48-52-56-60-64-70(75)69(68-74)73-71(76)65-61-57-53-49-45-42-38-36-34-32-30-28-26-24-22-20-18-17-19-21-23-25-27-29-31-33-35-37-39-43-47-51-55-59-63-67-78-72(77)66-62-58-54-50-46-41-16-14-12-10-8-6-4-2/h8,10,14,16,19,21,25,27,69-70,74-75H,3-7,9,11-13,15,17-18,20,22-24,26,28-68H2,1-2H3,(H,73,76)/b10-8-,16-14-,21-19-,27-25-. The molecule has 0 saturated heterocycles. The molecule has 78 heavy (non-hydrogen) atoms. The van der Waals surface area contributed by atoms with E-state index in [1.807, 2.05) is 0 Å². The van der Waals surface area contributed by atoms with Crippen molar-refractivity contribution in [2.45, 2.75) is 386 Å². The number of hydrogen-bond donors (Lipinski definition) is 3. The zero-order chi connectivity index (χ0) is 56.4. The van der Waals surface area contributed by atoms with Crippen molar-refractivity contribution in [1.29, 1.82) is 0 Å². The van der Waals surface area contributed by atoms with Crippen LogP contribution in [0.25, 0.3) is 0 Å². The Balaban J connectivity index is 3.36. The molecular weight excluding hydrogens is 959 g/mol. The maximum absolute atomic E-state index is 12.5. The zero-order valence-corrected chi connectivity index (χ0v) is 52.4. The number of rotatable bonds is 65. The smallest absolute Gasteiger partial charge is 0.305 e. The topological polar surface area (TPSA) is 95.9 Å². The van der Waals surface area contributed by atoms with E-state index >= 15 is 0 Å². The van der Waals surface area contributed by atoms with Crippen LogP contribution in [0.1, 0.15) is 373 Å². The van der Waals surface area contributed by atoms with Crippen LogP contribution in [-0.2, 0) is 14.3 Å². The molecule has 0 aliphatic rings. The first kappa shape index (κ1) is 75.8. The molecule has 2 unspecified atom stereocenters. The summed E-state index contributed by atoms with van der Waals surface area (Å²) in [5, 5.41) is 23.3. The summed E-state index contributed by atoms with van der Waals surface area (Å²) in [6.07, 6.45) is 87.4. The van der Waals surface area contributed by atoms with Gasteiger partial charge in [-0.05, 0) is 83.5 Å². The largest absolute Gasteiger partial charge is 0.466 e. The van der Waals surface area contributed by atoms with E-state index in [-0.39, 0.29) is 18.5 Å². The summed E-state index contributed by atoms with van der Waals surface area (Å²) in [6, 6.07) is -0.539. The maximum atomic E-state index is 12.5. The van der Waals surface area contributed by atoms with Crippen LogP contribution in [-0.4, -0.2) is 47.4 Å². The average Bonchev–Trinajstić information content (AvgIpc) is 3.44. The number of amides is 1. The first-order chi connectivity index (χ1) is 38.5. The van der Waals surface area contributed by atoms with E-state index in [2.05, 4.69) is 67.8 Å². The van der Waals surface area contributed by atoms with Gasteiger partial charge in [-0.25, -0.2) is 0 Å². The van der Waals surface area contributed by atoms with Crippen molar-refractivity contribution >= 4 is 11.9 Å². The molecule has 2 atom stereocenters. The number of unbranched alkanes of at least 4 members (excludes halogenated alkanes) is 46. The number of esters is 1. The molecule has 0 aliphatic carbocycles. The number of hydrogen-bond acceptors (Lipinski definition) is 5. The monoisotopic (exact) mass is 1090 g/mol. The Morgan fingerprint density at radius 1 is 0.359 bits per heavy atom. The Hall–Kier alpha value is -2.18. The molecule has 0 aromatic carbocycles. The van der Waals surface area contributed by atoms with Crippen molar-refractivity contribution in [2.75, 3.05) is 13.2 Å². The van der Waals surface area contributed by atoms with E-state index in [9.17, 15) is 19.8 Å². The molecule has 0 saturated carbocycles. The summed E-state index contributed by atoms with van der Waals surface area (Å²) >= 11 is 0. The highest BCUT2D eigenvalue weighted by Gasteiger charge is 2.20. The predicted octanol–water partition coefficient (Wildman–Crippen LogP) is 22.5. The predicted molar refractivity (Wildman–Crippen MR) is 342 cm³/mol. The molecule has 0 aromatic heterocycles. The Morgan fingerprint density at radius 2 is 0.667 bits per heavy atom. The number of carbonyl (C=O) groups excluding carboxylic acids is 2. The van der Waals surface area contributed by atoms with Gasteiger partial charge in [0.05, 0.1) is 25.4 Å². The van der Waals surface area contributed by atoms with Gasteiger partial charge in [0.15, 0.2) is 0 Å². The van der Waals surface area contributed by atoms with E-state index in [0.717, 1.165) is 57.8 Å². The van der Waals surface area contributed by atoms with Crippen molar-refractivity contribution in [3.05, 3.63) is 48.6 Å². The average molecular weight is 1090 g/mol. The number of carbonyl (C=O) groups is 2. The van der Waals surface area contributed by atoms with Crippen LogP contribution >= 0.6 is 0 Å². The van der Waals surface area contributed by atoms with Crippen LogP contribution < -0.4 is 5.32 Å². The van der Waals surface area contributed by atoms with Gasteiger partial charge in [-0.15, -0.1) is 0 Å². The molecule has 1 amide bonds. The summed E-state index contributed by atoms with van der Waals surface area (Å²) in [6.45, 7) is 4.90. The van der Waals surface area contributed by atoms with Gasteiger partial charge in [0, 0.05) is 12.8 Å². The zero-order valence-electron chi connectivity index (χ0n) is 52.4. The van der Waals surface area contributed by atoms with Gasteiger partial charge >= 0.3 is 5.97 Å². The van der Waals surface area contributed by atoms with Gasteiger partial charge in [0.2, 0.25) is 5.91 Å². The van der Waals surface area contributed by atoms with E-state index in [1.54, 1.807) is 0 Å². The van der Waals surface area contributed by atoms with Crippen molar-refractivity contribution in [2.24, 2.45) is 0 Å². The lowest BCUT2D eigenvalue weighted by Crippen LogP contribution is -2.45. The first-order valence-electron chi connectivity index (χ1n) is 34.9. The van der Waals surface area contributed by atoms with Crippen LogP contribution in [0.2, 0.25) is 0 Å². The highest BCUT2D eigenvalue weighted by Crippen LogP contribution is 2.18. The third-order valence-electron chi connectivity index (χ3n) is 16.1. The highest BCUT2D eigenvalue weighted by molar-refractivity contribution is 5.76. The molecule has 0 spiro atoms. The molecule has 458 valence electrons. The number of aliphatic hydroxyl groups excluding tert-OH is 2. The molecule has 6 nitrogen and oxygen atoms in total. The quantitative estimate of drug-likeness (QED) is 0.0320. The lowest BCUT2D eigenvalue weighted by Gasteiger charge is -2.22. The molecule has 0 bridgehead atoms. The maximum Gasteiger partial charge on any atom is 0.305 e. The fourth-order valence-corrected chi connectivity index (χ4v) is 10.8. The highest BCUT2D eigenvalue weighted by atomic mass is 16.5. The molecule has 0 fully saturated rings. The van der Waals surface area contributed by atoms with Crippen LogP contribution in [0.5, 0.6) is 0 Å². The first-order valence-corrected chi connectivity index (χ1v) is 34.9. The van der Waals surface area contributed by atoms with Crippen LogP contribution in [0.15, 0.2) is 48.6 Å². The summed E-state index contributed by atoms with van der Waals surface area (Å²) in [5.74, 6) is -0.0301.